The minimum Gasteiger partial charge on any atom is -0.507 e. The molecule has 1 fully saturated rings. The molecule has 4 aromatic rings. The molecule has 1 amide bonds. The quantitative estimate of drug-likeness (QED) is 0.222. The molecule has 0 radical (unpaired) electrons. The third-order valence-electron chi connectivity index (χ3n) is 6.19. The zero-order valence-electron chi connectivity index (χ0n) is 19.4. The predicted molar refractivity (Wildman–Crippen MR) is 136 cm³/mol. The number of carbonyl (C=O) groups excluding carboxylic acids is 2. The zero-order chi connectivity index (χ0) is 24.1. The SMILES string of the molecule is Cc1ccc(/C(O)=C2\C(=O)C(=O)N(c3nc4c(C)cc(C)cc4s3)[C@H]2c2ccc(C)cc2)cc1. The van der Waals surface area contributed by atoms with Crippen LogP contribution in [0, 0.1) is 27.7 Å². The van der Waals surface area contributed by atoms with Gasteiger partial charge in [-0.05, 0) is 50.5 Å². The van der Waals surface area contributed by atoms with Crippen molar-refractivity contribution in [3.8, 4) is 0 Å². The molecule has 2 heterocycles. The number of ketones is 1. The van der Waals surface area contributed by atoms with E-state index < -0.39 is 17.7 Å². The highest BCUT2D eigenvalue weighted by atomic mass is 32.1. The van der Waals surface area contributed by atoms with Crippen LogP contribution in [0.2, 0.25) is 0 Å². The number of carbonyl (C=O) groups is 2. The van der Waals surface area contributed by atoms with Crippen LogP contribution in [-0.2, 0) is 9.59 Å². The number of aryl methyl sites for hydroxylation is 4. The number of anilines is 1. The maximum atomic E-state index is 13.4. The molecule has 34 heavy (non-hydrogen) atoms. The fourth-order valence-electron chi connectivity index (χ4n) is 4.42. The van der Waals surface area contributed by atoms with E-state index in [0.29, 0.717) is 10.7 Å². The van der Waals surface area contributed by atoms with Gasteiger partial charge in [0.25, 0.3) is 5.78 Å². The number of thiazole rings is 1. The fourth-order valence-corrected chi connectivity index (χ4v) is 5.59. The summed E-state index contributed by atoms with van der Waals surface area (Å²) in [5, 5.41) is 11.7. The average molecular weight is 469 g/mol. The van der Waals surface area contributed by atoms with Gasteiger partial charge in [0.1, 0.15) is 5.76 Å². The Bertz CT molecular complexity index is 1480. The molecule has 0 bridgehead atoms. The number of Topliss-reactive ketones (excluding diaryl/α,β-unsaturated/α-hetero) is 1. The maximum absolute atomic E-state index is 13.4. The molecule has 0 unspecified atom stereocenters. The van der Waals surface area contributed by atoms with E-state index in [1.807, 2.05) is 70.2 Å². The van der Waals surface area contributed by atoms with Crippen molar-refractivity contribution in [2.45, 2.75) is 33.7 Å². The molecule has 1 aromatic heterocycles. The Morgan fingerprint density at radius 2 is 1.50 bits per heavy atom. The monoisotopic (exact) mass is 468 g/mol. The zero-order valence-corrected chi connectivity index (χ0v) is 20.2. The molecule has 1 saturated heterocycles. The Labute approximate surface area is 202 Å². The molecule has 1 aliphatic heterocycles. The number of fused-ring (bicyclic) bond motifs is 1. The summed E-state index contributed by atoms with van der Waals surface area (Å²) in [4.78, 5) is 32.9. The summed E-state index contributed by atoms with van der Waals surface area (Å²) in [5.74, 6) is -1.58. The third kappa shape index (κ3) is 3.60. The van der Waals surface area contributed by atoms with Crippen molar-refractivity contribution in [3.63, 3.8) is 0 Å². The van der Waals surface area contributed by atoms with E-state index in [2.05, 4.69) is 6.07 Å². The summed E-state index contributed by atoms with van der Waals surface area (Å²) in [5.41, 5.74) is 6.34. The predicted octanol–water partition coefficient (Wildman–Crippen LogP) is 6.16. The Hall–Kier alpha value is -3.77. The van der Waals surface area contributed by atoms with Crippen molar-refractivity contribution < 1.29 is 14.7 Å². The molecule has 6 heteroatoms. The van der Waals surface area contributed by atoms with Gasteiger partial charge in [-0.1, -0.05) is 77.1 Å². The number of hydrogen-bond donors (Lipinski definition) is 1. The summed E-state index contributed by atoms with van der Waals surface area (Å²) < 4.78 is 0.954. The van der Waals surface area contributed by atoms with Gasteiger partial charge in [-0.3, -0.25) is 14.5 Å². The normalized spacial score (nSPS) is 17.6. The van der Waals surface area contributed by atoms with E-state index in [-0.39, 0.29) is 11.3 Å². The number of amides is 1. The van der Waals surface area contributed by atoms with Gasteiger partial charge in [0.2, 0.25) is 0 Å². The molecule has 1 N–H and O–H groups in total. The molecule has 3 aromatic carbocycles. The summed E-state index contributed by atoms with van der Waals surface area (Å²) in [6.45, 7) is 7.94. The Morgan fingerprint density at radius 3 is 2.15 bits per heavy atom. The number of rotatable bonds is 3. The first kappa shape index (κ1) is 22.0. The van der Waals surface area contributed by atoms with Crippen LogP contribution in [0.5, 0.6) is 0 Å². The highest BCUT2D eigenvalue weighted by Crippen LogP contribution is 2.44. The highest BCUT2D eigenvalue weighted by Gasteiger charge is 2.48. The van der Waals surface area contributed by atoms with Crippen LogP contribution in [0.15, 0.2) is 66.2 Å². The molecule has 0 aliphatic carbocycles. The first-order valence-corrected chi connectivity index (χ1v) is 11.9. The van der Waals surface area contributed by atoms with Crippen molar-refractivity contribution in [1.29, 1.82) is 0 Å². The molecular formula is C28H24N2O3S. The molecular weight excluding hydrogens is 444 g/mol. The summed E-state index contributed by atoms with van der Waals surface area (Å²) in [6.07, 6.45) is 0. The number of aliphatic hydroxyl groups excluding tert-OH is 1. The topological polar surface area (TPSA) is 70.5 Å². The second kappa shape index (κ2) is 8.22. The van der Waals surface area contributed by atoms with Gasteiger partial charge in [-0.15, -0.1) is 0 Å². The van der Waals surface area contributed by atoms with Crippen molar-refractivity contribution in [2.24, 2.45) is 0 Å². The molecule has 1 atom stereocenters. The summed E-state index contributed by atoms with van der Waals surface area (Å²) in [7, 11) is 0. The van der Waals surface area contributed by atoms with Gasteiger partial charge in [0.15, 0.2) is 5.13 Å². The number of nitrogens with zero attached hydrogens (tertiary/aromatic N) is 2. The van der Waals surface area contributed by atoms with Crippen LogP contribution < -0.4 is 4.90 Å². The average Bonchev–Trinajstić information content (AvgIpc) is 3.33. The van der Waals surface area contributed by atoms with E-state index in [4.69, 9.17) is 4.98 Å². The van der Waals surface area contributed by atoms with Gasteiger partial charge >= 0.3 is 5.91 Å². The molecule has 0 spiro atoms. The van der Waals surface area contributed by atoms with Gasteiger partial charge in [-0.2, -0.15) is 0 Å². The Morgan fingerprint density at radius 1 is 0.882 bits per heavy atom. The number of aromatic nitrogens is 1. The van der Waals surface area contributed by atoms with Gasteiger partial charge < -0.3 is 5.11 Å². The third-order valence-corrected chi connectivity index (χ3v) is 7.19. The summed E-state index contributed by atoms with van der Waals surface area (Å²) in [6, 6.07) is 18.2. The number of benzene rings is 3. The van der Waals surface area contributed by atoms with Crippen molar-refractivity contribution in [2.75, 3.05) is 4.90 Å². The fraction of sp³-hybridized carbons (Fsp3) is 0.179. The maximum Gasteiger partial charge on any atom is 0.301 e. The molecule has 5 nitrogen and oxygen atoms in total. The van der Waals surface area contributed by atoms with Crippen LogP contribution in [0.3, 0.4) is 0 Å². The van der Waals surface area contributed by atoms with Crippen LogP contribution in [0.4, 0.5) is 5.13 Å². The van der Waals surface area contributed by atoms with Gasteiger partial charge in [0, 0.05) is 5.56 Å². The first-order chi connectivity index (χ1) is 16.2. The van der Waals surface area contributed by atoms with E-state index in [1.54, 1.807) is 12.1 Å². The van der Waals surface area contributed by atoms with E-state index in [1.165, 1.54) is 16.2 Å². The van der Waals surface area contributed by atoms with Crippen molar-refractivity contribution in [3.05, 3.63) is 99.6 Å². The van der Waals surface area contributed by atoms with E-state index in [9.17, 15) is 14.7 Å². The molecule has 1 aliphatic rings. The molecule has 0 saturated carbocycles. The minimum absolute atomic E-state index is 0.0739. The van der Waals surface area contributed by atoms with Gasteiger partial charge in [-0.25, -0.2) is 4.98 Å². The highest BCUT2D eigenvalue weighted by molar-refractivity contribution is 7.22. The van der Waals surface area contributed by atoms with Gasteiger partial charge in [0.05, 0.1) is 21.8 Å². The Balaban J connectivity index is 1.74. The standard InChI is InChI=1S/C28H24N2O3S/c1-15-5-9-19(10-6-15)24-22(25(31)20-11-7-16(2)8-12-20)26(32)27(33)30(24)28-29-23-18(4)13-17(3)14-21(23)34-28/h5-14,24,31H,1-4H3/b25-22+/t24-/m0/s1. The minimum atomic E-state index is -0.774. The van der Waals surface area contributed by atoms with Crippen LogP contribution >= 0.6 is 11.3 Å². The lowest BCUT2D eigenvalue weighted by Crippen LogP contribution is -2.29. The van der Waals surface area contributed by atoms with E-state index in [0.717, 1.165) is 38.0 Å². The van der Waals surface area contributed by atoms with Crippen LogP contribution in [0.25, 0.3) is 16.0 Å². The van der Waals surface area contributed by atoms with Crippen molar-refractivity contribution in [1.82, 2.24) is 4.98 Å². The lowest BCUT2D eigenvalue weighted by molar-refractivity contribution is -0.132. The van der Waals surface area contributed by atoms with Crippen LogP contribution in [-0.4, -0.2) is 21.8 Å². The summed E-state index contributed by atoms with van der Waals surface area (Å²) >= 11 is 1.38. The lowest BCUT2D eigenvalue weighted by atomic mass is 9.94. The second-order valence-corrected chi connectivity index (χ2v) is 9.88. The largest absolute Gasteiger partial charge is 0.507 e. The lowest BCUT2D eigenvalue weighted by Gasteiger charge is -2.23. The number of hydrogen-bond acceptors (Lipinski definition) is 5. The second-order valence-electron chi connectivity index (χ2n) is 8.87. The number of aliphatic hydroxyl groups is 1. The Kier molecular flexibility index (Phi) is 5.33. The molecule has 5 rings (SSSR count). The first-order valence-electron chi connectivity index (χ1n) is 11.1. The van der Waals surface area contributed by atoms with Crippen LogP contribution in [0.1, 0.15) is 39.4 Å². The van der Waals surface area contributed by atoms with Crippen molar-refractivity contribution >= 4 is 44.1 Å². The van der Waals surface area contributed by atoms with E-state index >= 15 is 0 Å². The smallest absolute Gasteiger partial charge is 0.301 e. The molecule has 170 valence electrons.